The first-order valence-electron chi connectivity index (χ1n) is 8.67. The molecule has 2 aromatic rings. The van der Waals surface area contributed by atoms with Gasteiger partial charge in [0.05, 0.1) is 31.0 Å². The summed E-state index contributed by atoms with van der Waals surface area (Å²) in [6, 6.07) is 10.3. The molecule has 150 valence electrons. The van der Waals surface area contributed by atoms with Crippen molar-refractivity contribution in [1.29, 1.82) is 0 Å². The van der Waals surface area contributed by atoms with Gasteiger partial charge in [0.2, 0.25) is 5.91 Å². The number of hydrogen-bond donors (Lipinski definition) is 1. The number of amides is 2. The molecule has 0 spiro atoms. The van der Waals surface area contributed by atoms with Gasteiger partial charge < -0.3 is 19.7 Å². The minimum Gasteiger partial charge on any atom is -0.493 e. The van der Waals surface area contributed by atoms with Crippen LogP contribution in [-0.2, 0) is 4.79 Å². The molecule has 6 nitrogen and oxygen atoms in total. The van der Waals surface area contributed by atoms with Gasteiger partial charge in [-0.25, -0.2) is 0 Å². The number of para-hydroxylation sites is 1. The SMILES string of the molecule is CCCOc1c(Cl)cc(C(=O)N(C)CC(=O)Nc2ccccc2Br)cc1OC. The van der Waals surface area contributed by atoms with Crippen molar-refractivity contribution in [2.24, 2.45) is 0 Å². The van der Waals surface area contributed by atoms with Crippen molar-refractivity contribution in [2.45, 2.75) is 13.3 Å². The van der Waals surface area contributed by atoms with Gasteiger partial charge in [0, 0.05) is 17.1 Å². The van der Waals surface area contributed by atoms with Crippen LogP contribution in [0.25, 0.3) is 0 Å². The van der Waals surface area contributed by atoms with Crippen molar-refractivity contribution in [1.82, 2.24) is 4.90 Å². The first-order chi connectivity index (χ1) is 13.4. The number of methoxy groups -OCH3 is 1. The van der Waals surface area contributed by atoms with Crippen LogP contribution < -0.4 is 14.8 Å². The number of hydrogen-bond acceptors (Lipinski definition) is 4. The van der Waals surface area contributed by atoms with Crippen molar-refractivity contribution in [3.05, 3.63) is 51.5 Å². The van der Waals surface area contributed by atoms with Gasteiger partial charge in [0.1, 0.15) is 0 Å². The Balaban J connectivity index is 2.10. The van der Waals surface area contributed by atoms with Crippen LogP contribution in [0, 0.1) is 0 Å². The normalized spacial score (nSPS) is 10.3. The third kappa shape index (κ3) is 5.62. The minimum atomic E-state index is -0.357. The summed E-state index contributed by atoms with van der Waals surface area (Å²) < 4.78 is 11.7. The summed E-state index contributed by atoms with van der Waals surface area (Å²) in [6.07, 6.45) is 0.815. The van der Waals surface area contributed by atoms with Crippen LogP contribution in [0.4, 0.5) is 5.69 Å². The fourth-order valence-corrected chi connectivity index (χ4v) is 3.10. The van der Waals surface area contributed by atoms with E-state index >= 15 is 0 Å². The van der Waals surface area contributed by atoms with Gasteiger partial charge >= 0.3 is 0 Å². The predicted molar refractivity (Wildman–Crippen MR) is 114 cm³/mol. The van der Waals surface area contributed by atoms with E-state index in [1.165, 1.54) is 18.1 Å². The number of nitrogens with one attached hydrogen (secondary N) is 1. The largest absolute Gasteiger partial charge is 0.493 e. The summed E-state index contributed by atoms with van der Waals surface area (Å²) in [7, 11) is 3.03. The van der Waals surface area contributed by atoms with E-state index in [2.05, 4.69) is 21.2 Å². The minimum absolute atomic E-state index is 0.117. The molecule has 0 unspecified atom stereocenters. The van der Waals surface area contributed by atoms with E-state index in [0.717, 1.165) is 10.9 Å². The van der Waals surface area contributed by atoms with Crippen LogP contribution in [-0.4, -0.2) is 44.0 Å². The van der Waals surface area contributed by atoms with Gasteiger partial charge in [-0.2, -0.15) is 0 Å². The van der Waals surface area contributed by atoms with Crippen LogP contribution in [0.2, 0.25) is 5.02 Å². The Hall–Kier alpha value is -2.25. The van der Waals surface area contributed by atoms with E-state index in [1.807, 2.05) is 25.1 Å². The summed E-state index contributed by atoms with van der Waals surface area (Å²) >= 11 is 9.64. The molecule has 0 aromatic heterocycles. The van der Waals surface area contributed by atoms with Gasteiger partial charge in [0.25, 0.3) is 5.91 Å². The average Bonchev–Trinajstić information content (AvgIpc) is 2.67. The van der Waals surface area contributed by atoms with Crippen LogP contribution >= 0.6 is 27.5 Å². The Bertz CT molecular complexity index is 860. The number of likely N-dealkylation sites (N-methyl/N-ethyl adjacent to an activating group) is 1. The molecular formula is C20H22BrClN2O4. The molecule has 0 radical (unpaired) electrons. The lowest BCUT2D eigenvalue weighted by Gasteiger charge is -2.19. The highest BCUT2D eigenvalue weighted by molar-refractivity contribution is 9.10. The van der Waals surface area contributed by atoms with Crippen molar-refractivity contribution in [3.8, 4) is 11.5 Å². The molecule has 0 aliphatic heterocycles. The molecule has 8 heteroatoms. The highest BCUT2D eigenvalue weighted by Gasteiger charge is 2.20. The maximum atomic E-state index is 12.7. The number of nitrogens with zero attached hydrogens (tertiary/aromatic N) is 1. The van der Waals surface area contributed by atoms with E-state index < -0.39 is 0 Å². The number of carbonyl (C=O) groups is 2. The van der Waals surface area contributed by atoms with Crippen LogP contribution in [0.1, 0.15) is 23.7 Å². The predicted octanol–water partition coefficient (Wildman–Crippen LogP) is 4.61. The second-order valence-electron chi connectivity index (χ2n) is 6.03. The molecule has 0 aliphatic rings. The van der Waals surface area contributed by atoms with Gasteiger partial charge in [-0.3, -0.25) is 9.59 Å². The average molecular weight is 470 g/mol. The fraction of sp³-hybridized carbons (Fsp3) is 0.300. The lowest BCUT2D eigenvalue weighted by atomic mass is 10.1. The maximum Gasteiger partial charge on any atom is 0.254 e. The quantitative estimate of drug-likeness (QED) is 0.613. The van der Waals surface area contributed by atoms with Crippen molar-refractivity contribution < 1.29 is 19.1 Å². The zero-order valence-corrected chi connectivity index (χ0v) is 18.3. The van der Waals surface area contributed by atoms with E-state index in [0.29, 0.717) is 29.4 Å². The number of carbonyl (C=O) groups excluding carboxylic acids is 2. The second kappa shape index (κ2) is 10.3. The van der Waals surface area contributed by atoms with Crippen LogP contribution in [0.3, 0.4) is 0 Å². The Morgan fingerprint density at radius 1 is 1.25 bits per heavy atom. The standard InChI is InChI=1S/C20H22BrClN2O4/c1-4-9-28-19-15(22)10-13(11-17(19)27-3)20(26)24(2)12-18(25)23-16-8-6-5-7-14(16)21/h5-8,10-11H,4,9,12H2,1-3H3,(H,23,25). The smallest absolute Gasteiger partial charge is 0.254 e. The van der Waals surface area contributed by atoms with Gasteiger partial charge in [-0.15, -0.1) is 0 Å². The molecule has 28 heavy (non-hydrogen) atoms. The van der Waals surface area contributed by atoms with Gasteiger partial charge in [0.15, 0.2) is 11.5 Å². The van der Waals surface area contributed by atoms with E-state index in [9.17, 15) is 9.59 Å². The molecule has 2 rings (SSSR count). The molecule has 0 saturated carbocycles. The molecule has 0 atom stereocenters. The van der Waals surface area contributed by atoms with Crippen molar-refractivity contribution in [3.63, 3.8) is 0 Å². The zero-order valence-electron chi connectivity index (χ0n) is 15.9. The van der Waals surface area contributed by atoms with Gasteiger partial charge in [-0.05, 0) is 46.6 Å². The topological polar surface area (TPSA) is 67.9 Å². The second-order valence-corrected chi connectivity index (χ2v) is 7.29. The van der Waals surface area contributed by atoms with Crippen LogP contribution in [0.15, 0.2) is 40.9 Å². The van der Waals surface area contributed by atoms with Crippen LogP contribution in [0.5, 0.6) is 11.5 Å². The third-order valence-corrected chi connectivity index (χ3v) is 4.77. The lowest BCUT2D eigenvalue weighted by molar-refractivity contribution is -0.116. The fourth-order valence-electron chi connectivity index (χ4n) is 2.45. The zero-order chi connectivity index (χ0) is 20.7. The number of rotatable bonds is 8. The number of anilines is 1. The summed E-state index contributed by atoms with van der Waals surface area (Å²) in [5.41, 5.74) is 0.942. The molecule has 1 N–H and O–H groups in total. The third-order valence-electron chi connectivity index (χ3n) is 3.80. The molecule has 2 amide bonds. The summed E-state index contributed by atoms with van der Waals surface area (Å²) in [4.78, 5) is 26.3. The molecule has 0 saturated heterocycles. The van der Waals surface area contributed by atoms with E-state index in [-0.39, 0.29) is 23.4 Å². The molecule has 0 heterocycles. The molecule has 0 aliphatic carbocycles. The first-order valence-corrected chi connectivity index (χ1v) is 9.84. The van der Waals surface area contributed by atoms with Crippen molar-refractivity contribution in [2.75, 3.05) is 32.6 Å². The molecular weight excluding hydrogens is 448 g/mol. The summed E-state index contributed by atoms with van der Waals surface area (Å²) in [5, 5.41) is 3.04. The molecule has 2 aromatic carbocycles. The highest BCUT2D eigenvalue weighted by Crippen LogP contribution is 2.36. The van der Waals surface area contributed by atoms with E-state index in [1.54, 1.807) is 19.2 Å². The Labute approximate surface area is 177 Å². The number of ether oxygens (including phenoxy) is 2. The summed E-state index contributed by atoms with van der Waals surface area (Å²) in [6.45, 7) is 2.35. The number of halogens is 2. The highest BCUT2D eigenvalue weighted by atomic mass is 79.9. The Morgan fingerprint density at radius 2 is 1.96 bits per heavy atom. The number of benzene rings is 2. The maximum absolute atomic E-state index is 12.7. The monoisotopic (exact) mass is 468 g/mol. The lowest BCUT2D eigenvalue weighted by Crippen LogP contribution is -2.35. The van der Waals surface area contributed by atoms with E-state index in [4.69, 9.17) is 21.1 Å². The summed E-state index contributed by atoms with van der Waals surface area (Å²) in [5.74, 6) is 0.0977. The molecule has 0 bridgehead atoms. The van der Waals surface area contributed by atoms with Gasteiger partial charge in [-0.1, -0.05) is 30.7 Å². The molecule has 0 fully saturated rings. The Morgan fingerprint density at radius 3 is 2.61 bits per heavy atom. The Kier molecular flexibility index (Phi) is 8.14. The first kappa shape index (κ1) is 22.0. The van der Waals surface area contributed by atoms with Crippen molar-refractivity contribution >= 4 is 45.0 Å².